The molecule has 0 aliphatic carbocycles. The Hall–Kier alpha value is -0.900. The van der Waals surface area contributed by atoms with E-state index in [1.807, 2.05) is 37.3 Å². The summed E-state index contributed by atoms with van der Waals surface area (Å²) in [6.07, 6.45) is 0. The molecule has 0 aliphatic heterocycles. The Labute approximate surface area is 125 Å². The third-order valence-corrected chi connectivity index (χ3v) is 3.73. The fourth-order valence-corrected chi connectivity index (χ4v) is 2.62. The topological polar surface area (TPSA) is 12.0 Å². The lowest BCUT2D eigenvalue weighted by molar-refractivity contribution is 0.555. The predicted molar refractivity (Wildman–Crippen MR) is 81.1 cm³/mol. The van der Waals surface area contributed by atoms with Gasteiger partial charge in [0.2, 0.25) is 0 Å². The van der Waals surface area contributed by atoms with Crippen molar-refractivity contribution >= 4 is 27.5 Å². The van der Waals surface area contributed by atoms with Gasteiger partial charge in [-0.05, 0) is 46.2 Å². The highest BCUT2D eigenvalue weighted by atomic mass is 79.9. The van der Waals surface area contributed by atoms with E-state index < -0.39 is 0 Å². The third-order valence-electron chi connectivity index (χ3n) is 2.88. The third kappa shape index (κ3) is 3.35. The number of halogens is 3. The van der Waals surface area contributed by atoms with Gasteiger partial charge in [-0.3, -0.25) is 0 Å². The molecule has 0 saturated heterocycles. The normalized spacial score (nSPS) is 12.4. The number of hydrogen-bond acceptors (Lipinski definition) is 1. The predicted octanol–water partition coefficient (Wildman–Crippen LogP) is 4.94. The van der Waals surface area contributed by atoms with Crippen molar-refractivity contribution in [1.29, 1.82) is 0 Å². The number of benzene rings is 2. The molecule has 1 atom stereocenters. The molecule has 0 aromatic heterocycles. The van der Waals surface area contributed by atoms with Crippen molar-refractivity contribution in [3.63, 3.8) is 0 Å². The van der Waals surface area contributed by atoms with Crippen LogP contribution in [-0.2, 0) is 0 Å². The Kier molecular flexibility index (Phi) is 4.97. The van der Waals surface area contributed by atoms with Gasteiger partial charge in [0.15, 0.2) is 0 Å². The van der Waals surface area contributed by atoms with Crippen molar-refractivity contribution in [2.75, 3.05) is 6.54 Å². The largest absolute Gasteiger partial charge is 0.306 e. The SMILES string of the molecule is CCNC(c1cccc(Cl)c1)c1cccc(Br)c1F. The number of rotatable bonds is 4. The smallest absolute Gasteiger partial charge is 0.142 e. The molecular formula is C15H14BrClFN. The summed E-state index contributed by atoms with van der Waals surface area (Å²) in [7, 11) is 0. The fourth-order valence-electron chi connectivity index (χ4n) is 2.04. The van der Waals surface area contributed by atoms with Crippen LogP contribution in [0.5, 0.6) is 0 Å². The highest BCUT2D eigenvalue weighted by Crippen LogP contribution is 2.29. The van der Waals surface area contributed by atoms with Crippen molar-refractivity contribution in [2.24, 2.45) is 0 Å². The van der Waals surface area contributed by atoms with Crippen LogP contribution < -0.4 is 5.32 Å². The monoisotopic (exact) mass is 341 g/mol. The Morgan fingerprint density at radius 1 is 1.26 bits per heavy atom. The van der Waals surface area contributed by atoms with Crippen LogP contribution in [0.2, 0.25) is 5.02 Å². The second kappa shape index (κ2) is 6.51. The Morgan fingerprint density at radius 3 is 2.68 bits per heavy atom. The van der Waals surface area contributed by atoms with Gasteiger partial charge in [0.1, 0.15) is 5.82 Å². The van der Waals surface area contributed by atoms with Crippen LogP contribution in [0.3, 0.4) is 0 Å². The van der Waals surface area contributed by atoms with Crippen LogP contribution in [-0.4, -0.2) is 6.54 Å². The zero-order valence-electron chi connectivity index (χ0n) is 10.5. The van der Waals surface area contributed by atoms with Crippen molar-refractivity contribution in [3.05, 3.63) is 68.9 Å². The molecule has 19 heavy (non-hydrogen) atoms. The first-order valence-corrected chi connectivity index (χ1v) is 7.23. The summed E-state index contributed by atoms with van der Waals surface area (Å²) in [5.41, 5.74) is 1.56. The fraction of sp³-hybridized carbons (Fsp3) is 0.200. The first-order chi connectivity index (χ1) is 9.13. The summed E-state index contributed by atoms with van der Waals surface area (Å²) in [4.78, 5) is 0. The minimum Gasteiger partial charge on any atom is -0.306 e. The van der Waals surface area contributed by atoms with Gasteiger partial charge in [0, 0.05) is 10.6 Å². The molecule has 0 saturated carbocycles. The molecule has 0 radical (unpaired) electrons. The molecule has 2 aromatic carbocycles. The molecule has 2 rings (SSSR count). The first kappa shape index (κ1) is 14.5. The van der Waals surface area contributed by atoms with E-state index in [2.05, 4.69) is 21.2 Å². The first-order valence-electron chi connectivity index (χ1n) is 6.06. The van der Waals surface area contributed by atoms with Crippen LogP contribution in [0, 0.1) is 5.82 Å². The van der Waals surface area contributed by atoms with Crippen molar-refractivity contribution < 1.29 is 4.39 Å². The van der Waals surface area contributed by atoms with E-state index in [-0.39, 0.29) is 11.9 Å². The summed E-state index contributed by atoms with van der Waals surface area (Å²) in [5, 5.41) is 3.94. The lowest BCUT2D eigenvalue weighted by atomic mass is 9.98. The molecule has 0 heterocycles. The van der Waals surface area contributed by atoms with Crippen molar-refractivity contribution in [2.45, 2.75) is 13.0 Å². The standard InChI is InChI=1S/C15H14BrClFN/c1-2-19-15(10-5-3-6-11(17)9-10)12-7-4-8-13(16)14(12)18/h3-9,15,19H,2H2,1H3. The van der Waals surface area contributed by atoms with Gasteiger partial charge in [0.05, 0.1) is 10.5 Å². The van der Waals surface area contributed by atoms with Crippen LogP contribution in [0.1, 0.15) is 24.1 Å². The molecule has 0 aliphatic rings. The summed E-state index contributed by atoms with van der Waals surface area (Å²) in [6, 6.07) is 12.6. The minimum atomic E-state index is -0.242. The highest BCUT2D eigenvalue weighted by Gasteiger charge is 2.18. The van der Waals surface area contributed by atoms with E-state index in [9.17, 15) is 4.39 Å². The van der Waals surface area contributed by atoms with Gasteiger partial charge in [-0.2, -0.15) is 0 Å². The van der Waals surface area contributed by atoms with E-state index in [0.717, 1.165) is 12.1 Å². The zero-order chi connectivity index (χ0) is 13.8. The molecule has 100 valence electrons. The van der Waals surface area contributed by atoms with E-state index in [1.54, 1.807) is 12.1 Å². The summed E-state index contributed by atoms with van der Waals surface area (Å²) in [5.74, 6) is -0.242. The van der Waals surface area contributed by atoms with E-state index in [0.29, 0.717) is 15.1 Å². The van der Waals surface area contributed by atoms with Gasteiger partial charge in [-0.25, -0.2) is 4.39 Å². The van der Waals surface area contributed by atoms with Crippen molar-refractivity contribution in [1.82, 2.24) is 5.32 Å². The van der Waals surface area contributed by atoms with Crippen LogP contribution >= 0.6 is 27.5 Å². The number of nitrogens with one attached hydrogen (secondary N) is 1. The van der Waals surface area contributed by atoms with Crippen LogP contribution in [0.4, 0.5) is 4.39 Å². The minimum absolute atomic E-state index is 0.207. The van der Waals surface area contributed by atoms with Gasteiger partial charge in [-0.1, -0.05) is 42.8 Å². The summed E-state index contributed by atoms with van der Waals surface area (Å²) < 4.78 is 14.7. The second-order valence-electron chi connectivity index (χ2n) is 4.19. The summed E-state index contributed by atoms with van der Waals surface area (Å²) >= 11 is 9.24. The molecule has 1 unspecified atom stereocenters. The van der Waals surface area contributed by atoms with E-state index >= 15 is 0 Å². The molecule has 0 fully saturated rings. The lowest BCUT2D eigenvalue weighted by Crippen LogP contribution is -2.23. The van der Waals surface area contributed by atoms with E-state index in [1.165, 1.54) is 0 Å². The van der Waals surface area contributed by atoms with E-state index in [4.69, 9.17) is 11.6 Å². The molecule has 0 amide bonds. The Balaban J connectivity index is 2.48. The quantitative estimate of drug-likeness (QED) is 0.830. The molecule has 1 N–H and O–H groups in total. The van der Waals surface area contributed by atoms with Gasteiger partial charge < -0.3 is 5.32 Å². The zero-order valence-corrected chi connectivity index (χ0v) is 12.8. The Bertz CT molecular complexity index is 574. The lowest BCUT2D eigenvalue weighted by Gasteiger charge is -2.20. The molecule has 2 aromatic rings. The van der Waals surface area contributed by atoms with Gasteiger partial charge in [-0.15, -0.1) is 0 Å². The van der Waals surface area contributed by atoms with Crippen LogP contribution in [0.15, 0.2) is 46.9 Å². The maximum Gasteiger partial charge on any atom is 0.142 e. The second-order valence-corrected chi connectivity index (χ2v) is 5.48. The van der Waals surface area contributed by atoms with Crippen LogP contribution in [0.25, 0.3) is 0 Å². The summed E-state index contributed by atoms with van der Waals surface area (Å²) in [6.45, 7) is 2.73. The number of hydrogen-bond donors (Lipinski definition) is 1. The average Bonchev–Trinajstić information content (AvgIpc) is 2.40. The maximum atomic E-state index is 14.2. The Morgan fingerprint density at radius 2 is 2.00 bits per heavy atom. The molecule has 0 bridgehead atoms. The van der Waals surface area contributed by atoms with Gasteiger partial charge >= 0.3 is 0 Å². The van der Waals surface area contributed by atoms with Gasteiger partial charge in [0.25, 0.3) is 0 Å². The van der Waals surface area contributed by atoms with Crippen molar-refractivity contribution in [3.8, 4) is 0 Å². The molecular weight excluding hydrogens is 329 g/mol. The maximum absolute atomic E-state index is 14.2. The average molecular weight is 343 g/mol. The highest BCUT2D eigenvalue weighted by molar-refractivity contribution is 9.10. The molecule has 0 spiro atoms. The molecule has 1 nitrogen and oxygen atoms in total. The molecule has 4 heteroatoms.